The zero-order valence-electron chi connectivity index (χ0n) is 10.7. The third-order valence-electron chi connectivity index (χ3n) is 2.64. The molecule has 5 heteroatoms. The predicted octanol–water partition coefficient (Wildman–Crippen LogP) is 2.51. The van der Waals surface area contributed by atoms with Crippen molar-refractivity contribution in [2.24, 2.45) is 11.7 Å². The van der Waals surface area contributed by atoms with Gasteiger partial charge in [0.2, 0.25) is 5.91 Å². The van der Waals surface area contributed by atoms with Gasteiger partial charge < -0.3 is 11.1 Å². The van der Waals surface area contributed by atoms with E-state index in [1.165, 1.54) is 5.56 Å². The number of rotatable bonds is 5. The van der Waals surface area contributed by atoms with Gasteiger partial charge >= 0.3 is 0 Å². The van der Waals surface area contributed by atoms with Gasteiger partial charge in [-0.05, 0) is 31.0 Å². The van der Waals surface area contributed by atoms with Crippen LogP contribution in [0.5, 0.6) is 0 Å². The van der Waals surface area contributed by atoms with Gasteiger partial charge in [-0.3, -0.25) is 4.79 Å². The van der Waals surface area contributed by atoms with Gasteiger partial charge in [0.05, 0.1) is 0 Å². The topological polar surface area (TPSA) is 55.1 Å². The number of carbonyl (C=O) groups is 1. The monoisotopic (exact) mass is 334 g/mol. The Morgan fingerprint density at radius 3 is 2.39 bits per heavy atom. The van der Waals surface area contributed by atoms with Crippen molar-refractivity contribution in [1.29, 1.82) is 0 Å². The quantitative estimate of drug-likeness (QED) is 0.868. The summed E-state index contributed by atoms with van der Waals surface area (Å²) in [5.41, 5.74) is 6.66. The van der Waals surface area contributed by atoms with Crippen LogP contribution in [0.4, 0.5) is 0 Å². The molecule has 0 spiro atoms. The van der Waals surface area contributed by atoms with Crippen LogP contribution in [0.15, 0.2) is 28.7 Å². The molecule has 1 rings (SSSR count). The average Bonchev–Trinajstić information content (AvgIpc) is 2.30. The Kier molecular flexibility index (Phi) is 8.24. The van der Waals surface area contributed by atoms with Gasteiger partial charge in [-0.1, -0.05) is 35.0 Å². The highest BCUT2D eigenvalue weighted by molar-refractivity contribution is 9.10. The van der Waals surface area contributed by atoms with E-state index in [1.54, 1.807) is 0 Å². The van der Waals surface area contributed by atoms with E-state index < -0.39 is 0 Å². The van der Waals surface area contributed by atoms with Gasteiger partial charge in [-0.25, -0.2) is 0 Å². The van der Waals surface area contributed by atoms with Crippen molar-refractivity contribution < 1.29 is 4.79 Å². The lowest BCUT2D eigenvalue weighted by molar-refractivity contribution is -0.124. The minimum atomic E-state index is -0.123. The number of carbonyl (C=O) groups excluding carboxylic acids is 1. The van der Waals surface area contributed by atoms with E-state index in [1.807, 2.05) is 26.0 Å². The van der Waals surface area contributed by atoms with E-state index in [0.717, 1.165) is 10.9 Å². The maximum atomic E-state index is 11.6. The molecule has 18 heavy (non-hydrogen) atoms. The molecule has 0 aliphatic carbocycles. The molecule has 0 aliphatic heterocycles. The molecule has 1 aromatic carbocycles. The largest absolute Gasteiger partial charge is 0.353 e. The van der Waals surface area contributed by atoms with Gasteiger partial charge in [-0.2, -0.15) is 0 Å². The molecular weight excluding hydrogens is 316 g/mol. The Balaban J connectivity index is 0.00000289. The van der Waals surface area contributed by atoms with Crippen molar-refractivity contribution in [3.05, 3.63) is 34.3 Å². The third-order valence-corrected chi connectivity index (χ3v) is 3.17. The average molecular weight is 336 g/mol. The summed E-state index contributed by atoms with van der Waals surface area (Å²) in [6.07, 6.45) is 0.830. The van der Waals surface area contributed by atoms with Gasteiger partial charge in [-0.15, -0.1) is 12.4 Å². The molecule has 1 aromatic rings. The number of amides is 1. The molecule has 3 N–H and O–H groups in total. The van der Waals surface area contributed by atoms with E-state index >= 15 is 0 Å². The maximum absolute atomic E-state index is 11.6. The van der Waals surface area contributed by atoms with Crippen molar-refractivity contribution in [1.82, 2.24) is 5.32 Å². The Labute approximate surface area is 123 Å². The zero-order valence-corrected chi connectivity index (χ0v) is 13.1. The summed E-state index contributed by atoms with van der Waals surface area (Å²) in [6, 6.07) is 8.24. The Hall–Kier alpha value is -0.580. The van der Waals surface area contributed by atoms with Crippen LogP contribution in [0.1, 0.15) is 19.4 Å². The lowest BCUT2D eigenvalue weighted by Crippen LogP contribution is -2.39. The van der Waals surface area contributed by atoms with Crippen LogP contribution in [0.3, 0.4) is 0 Å². The first kappa shape index (κ1) is 17.4. The summed E-state index contributed by atoms with van der Waals surface area (Å²) in [5.74, 6) is -0.0977. The lowest BCUT2D eigenvalue weighted by Gasteiger charge is -2.16. The lowest BCUT2D eigenvalue weighted by atomic mass is 10.1. The number of benzene rings is 1. The molecule has 0 saturated carbocycles. The molecule has 0 aliphatic rings. The summed E-state index contributed by atoms with van der Waals surface area (Å²) < 4.78 is 1.06. The molecule has 2 atom stereocenters. The predicted molar refractivity (Wildman–Crippen MR) is 80.9 cm³/mol. The Bertz CT molecular complexity index is 370. The summed E-state index contributed by atoms with van der Waals surface area (Å²) in [4.78, 5) is 11.6. The Morgan fingerprint density at radius 2 is 1.89 bits per heavy atom. The molecule has 0 aromatic heterocycles. The van der Waals surface area contributed by atoms with Crippen LogP contribution in [-0.4, -0.2) is 18.5 Å². The van der Waals surface area contributed by atoms with Gasteiger partial charge in [0, 0.05) is 23.0 Å². The fourth-order valence-corrected chi connectivity index (χ4v) is 1.78. The maximum Gasteiger partial charge on any atom is 0.224 e. The van der Waals surface area contributed by atoms with Gasteiger partial charge in [0.15, 0.2) is 0 Å². The molecule has 3 nitrogen and oxygen atoms in total. The number of halogens is 2. The molecule has 0 saturated heterocycles. The molecule has 0 fully saturated rings. The summed E-state index contributed by atoms with van der Waals surface area (Å²) in [5, 5.41) is 2.96. The second-order valence-electron chi connectivity index (χ2n) is 4.38. The molecule has 2 unspecified atom stereocenters. The third kappa shape index (κ3) is 5.85. The number of nitrogens with two attached hydrogens (primary N) is 1. The molecule has 1 amide bonds. The van der Waals surface area contributed by atoms with E-state index in [0.29, 0.717) is 6.54 Å². The zero-order chi connectivity index (χ0) is 12.8. The first-order valence-electron chi connectivity index (χ1n) is 5.77. The molecule has 0 heterocycles. The first-order chi connectivity index (χ1) is 8.02. The van der Waals surface area contributed by atoms with E-state index in [9.17, 15) is 4.79 Å². The fourth-order valence-electron chi connectivity index (χ4n) is 1.52. The first-order valence-corrected chi connectivity index (χ1v) is 6.57. The highest BCUT2D eigenvalue weighted by atomic mass is 79.9. The SMILES string of the molecule is CC(Cc1ccc(Br)cc1)NC(=O)C(C)CN.Cl. The number of hydrogen-bond acceptors (Lipinski definition) is 2. The van der Waals surface area contributed by atoms with Crippen molar-refractivity contribution in [2.45, 2.75) is 26.3 Å². The van der Waals surface area contributed by atoms with Crippen molar-refractivity contribution in [3.8, 4) is 0 Å². The van der Waals surface area contributed by atoms with Crippen molar-refractivity contribution >= 4 is 34.2 Å². The smallest absolute Gasteiger partial charge is 0.224 e. The molecule has 102 valence electrons. The highest BCUT2D eigenvalue weighted by Crippen LogP contribution is 2.12. The van der Waals surface area contributed by atoms with Crippen LogP contribution < -0.4 is 11.1 Å². The van der Waals surface area contributed by atoms with E-state index in [-0.39, 0.29) is 30.3 Å². The van der Waals surface area contributed by atoms with Crippen molar-refractivity contribution in [3.63, 3.8) is 0 Å². The fraction of sp³-hybridized carbons (Fsp3) is 0.462. The Morgan fingerprint density at radius 1 is 1.33 bits per heavy atom. The van der Waals surface area contributed by atoms with Gasteiger partial charge in [0.1, 0.15) is 0 Å². The summed E-state index contributed by atoms with van der Waals surface area (Å²) in [7, 11) is 0. The van der Waals surface area contributed by atoms with E-state index in [4.69, 9.17) is 5.73 Å². The minimum absolute atomic E-state index is 0. The van der Waals surface area contributed by atoms with E-state index in [2.05, 4.69) is 33.4 Å². The minimum Gasteiger partial charge on any atom is -0.353 e. The van der Waals surface area contributed by atoms with Crippen LogP contribution in [0.2, 0.25) is 0 Å². The standard InChI is InChI=1S/C13H19BrN2O.ClH/c1-9(8-15)13(17)16-10(2)7-11-3-5-12(14)6-4-11;/h3-6,9-10H,7-8,15H2,1-2H3,(H,16,17);1H. The van der Waals surface area contributed by atoms with Crippen LogP contribution in [0.25, 0.3) is 0 Å². The second-order valence-corrected chi connectivity index (χ2v) is 5.29. The van der Waals surface area contributed by atoms with Crippen LogP contribution >= 0.6 is 28.3 Å². The van der Waals surface area contributed by atoms with Gasteiger partial charge in [0.25, 0.3) is 0 Å². The second kappa shape index (κ2) is 8.51. The number of nitrogens with one attached hydrogen (secondary N) is 1. The number of hydrogen-bond donors (Lipinski definition) is 2. The highest BCUT2D eigenvalue weighted by Gasteiger charge is 2.13. The molecule has 0 bridgehead atoms. The van der Waals surface area contributed by atoms with Crippen LogP contribution in [0, 0.1) is 5.92 Å². The normalized spacial score (nSPS) is 13.3. The molecular formula is C13H20BrClN2O. The molecule has 0 radical (unpaired) electrons. The summed E-state index contributed by atoms with van der Waals surface area (Å²) >= 11 is 3.40. The van der Waals surface area contributed by atoms with Crippen molar-refractivity contribution in [2.75, 3.05) is 6.54 Å². The summed E-state index contributed by atoms with van der Waals surface area (Å²) in [6.45, 7) is 4.22. The van der Waals surface area contributed by atoms with Crippen LogP contribution in [-0.2, 0) is 11.2 Å².